The van der Waals surface area contributed by atoms with Gasteiger partial charge in [-0.1, -0.05) is 333 Å². The maximum atomic E-state index is 12.5. The minimum Gasteiger partial charge on any atom is -0.466 e. The zero-order valence-electron chi connectivity index (χ0n) is 52.7. The number of allylic oxidation sites excluding steroid dienone is 5. The SMILES string of the molecule is CCCC/C=C\CCCCCCCC(=O)OCCCCCCCCCCCCCC/C=C\CCCCCCCCCCCCCC(=O)NC(CO)C(O)/C=C/CCCCCCCCCCCCCCCCCCCCCCC. The summed E-state index contributed by atoms with van der Waals surface area (Å²) in [5.41, 5.74) is 0. The van der Waals surface area contributed by atoms with Crippen LogP contribution in [0.3, 0.4) is 0 Å². The van der Waals surface area contributed by atoms with Gasteiger partial charge in [-0.15, -0.1) is 0 Å². The van der Waals surface area contributed by atoms with Crippen LogP contribution in [0.15, 0.2) is 36.5 Å². The molecule has 2 atom stereocenters. The zero-order valence-corrected chi connectivity index (χ0v) is 52.7. The van der Waals surface area contributed by atoms with Crippen LogP contribution in [0.4, 0.5) is 0 Å². The minimum absolute atomic E-state index is 0.00393. The van der Waals surface area contributed by atoms with E-state index >= 15 is 0 Å². The Kier molecular flexibility index (Phi) is 65.9. The Balaban J connectivity index is 3.42. The largest absolute Gasteiger partial charge is 0.466 e. The molecule has 1 amide bonds. The van der Waals surface area contributed by atoms with E-state index in [1.165, 1.54) is 315 Å². The highest BCUT2D eigenvalue weighted by Crippen LogP contribution is 2.18. The maximum Gasteiger partial charge on any atom is 0.305 e. The van der Waals surface area contributed by atoms with Crippen LogP contribution >= 0.6 is 0 Å². The maximum absolute atomic E-state index is 12.5. The van der Waals surface area contributed by atoms with E-state index in [4.69, 9.17) is 4.74 Å². The first-order valence-electron chi connectivity index (χ1n) is 35.3. The van der Waals surface area contributed by atoms with E-state index in [1.54, 1.807) is 6.08 Å². The molecule has 0 aliphatic rings. The molecule has 6 nitrogen and oxygen atoms in total. The van der Waals surface area contributed by atoms with Gasteiger partial charge in [0.25, 0.3) is 0 Å². The van der Waals surface area contributed by atoms with E-state index in [0.717, 1.165) is 44.9 Å². The molecule has 0 saturated carbocycles. The van der Waals surface area contributed by atoms with Gasteiger partial charge in [-0.25, -0.2) is 0 Å². The Morgan fingerprint density at radius 1 is 0.346 bits per heavy atom. The summed E-state index contributed by atoms with van der Waals surface area (Å²) in [7, 11) is 0. The highest BCUT2D eigenvalue weighted by molar-refractivity contribution is 5.76. The van der Waals surface area contributed by atoms with Gasteiger partial charge in [-0.2, -0.15) is 0 Å². The zero-order chi connectivity index (χ0) is 56.4. The number of aliphatic hydroxyl groups excluding tert-OH is 2. The van der Waals surface area contributed by atoms with Crippen LogP contribution in [-0.2, 0) is 14.3 Å². The molecule has 0 aromatic rings. The second-order valence-electron chi connectivity index (χ2n) is 24.2. The van der Waals surface area contributed by atoms with Crippen molar-refractivity contribution in [2.75, 3.05) is 13.2 Å². The fraction of sp³-hybridized carbons (Fsp3) is 0.889. The van der Waals surface area contributed by atoms with Crippen LogP contribution in [0.2, 0.25) is 0 Å². The van der Waals surface area contributed by atoms with E-state index in [2.05, 4.69) is 43.5 Å². The Labute approximate surface area is 487 Å². The third kappa shape index (κ3) is 63.3. The Morgan fingerprint density at radius 3 is 0.949 bits per heavy atom. The minimum atomic E-state index is -0.847. The summed E-state index contributed by atoms with van der Waals surface area (Å²) in [6.07, 6.45) is 86.5. The summed E-state index contributed by atoms with van der Waals surface area (Å²) < 4.78 is 5.46. The van der Waals surface area contributed by atoms with E-state index in [-0.39, 0.29) is 18.5 Å². The summed E-state index contributed by atoms with van der Waals surface area (Å²) in [4.78, 5) is 24.5. The van der Waals surface area contributed by atoms with Gasteiger partial charge in [0, 0.05) is 12.8 Å². The second-order valence-corrected chi connectivity index (χ2v) is 24.2. The molecule has 460 valence electrons. The lowest BCUT2D eigenvalue weighted by Gasteiger charge is -2.20. The first-order chi connectivity index (χ1) is 38.5. The first-order valence-corrected chi connectivity index (χ1v) is 35.3. The molecule has 0 aromatic carbocycles. The number of ether oxygens (including phenoxy) is 1. The molecule has 0 radical (unpaired) electrons. The molecule has 0 fully saturated rings. The number of nitrogens with one attached hydrogen (secondary N) is 1. The number of hydrogen-bond donors (Lipinski definition) is 3. The number of carbonyl (C=O) groups excluding carboxylic acids is 2. The normalized spacial score (nSPS) is 12.7. The summed E-state index contributed by atoms with van der Waals surface area (Å²) in [5, 5.41) is 23.3. The molecule has 0 saturated heterocycles. The standard InChI is InChI=1S/C72H137NO5/c1-3-5-7-9-11-13-15-16-17-18-19-20-26-29-32-35-38-41-45-48-52-56-60-64-70(75)69(68-74)73-71(76)65-61-57-53-49-46-42-39-36-33-30-27-24-22-21-23-25-28-31-34-37-40-43-47-51-55-59-63-67-78-72(77)66-62-58-54-50-44-14-12-10-8-6-4-2/h10,12,21-22,60,64,69-70,74-75H,3-9,11,13-20,23-59,61-63,65-68H2,1-2H3,(H,73,76)/b12-10-,22-21-,64-60+. The number of amides is 1. The molecule has 0 aliphatic heterocycles. The molecule has 78 heavy (non-hydrogen) atoms. The Bertz CT molecular complexity index is 1260. The fourth-order valence-electron chi connectivity index (χ4n) is 11.0. The molecule has 3 N–H and O–H groups in total. The van der Waals surface area contributed by atoms with Gasteiger partial charge in [-0.3, -0.25) is 9.59 Å². The third-order valence-electron chi connectivity index (χ3n) is 16.4. The van der Waals surface area contributed by atoms with Crippen LogP contribution in [0.1, 0.15) is 386 Å². The Hall–Kier alpha value is -1.92. The van der Waals surface area contributed by atoms with Gasteiger partial charge >= 0.3 is 5.97 Å². The predicted octanol–water partition coefficient (Wildman–Crippen LogP) is 22.7. The number of aliphatic hydroxyl groups is 2. The molecule has 0 spiro atoms. The van der Waals surface area contributed by atoms with Crippen molar-refractivity contribution in [3.8, 4) is 0 Å². The van der Waals surface area contributed by atoms with Crippen molar-refractivity contribution < 1.29 is 24.5 Å². The lowest BCUT2D eigenvalue weighted by Crippen LogP contribution is -2.45. The van der Waals surface area contributed by atoms with Crippen molar-refractivity contribution in [3.05, 3.63) is 36.5 Å². The van der Waals surface area contributed by atoms with Gasteiger partial charge in [0.15, 0.2) is 0 Å². The Morgan fingerprint density at radius 2 is 0.615 bits per heavy atom. The number of rotatable bonds is 66. The van der Waals surface area contributed by atoms with Gasteiger partial charge in [0.1, 0.15) is 0 Å². The van der Waals surface area contributed by atoms with E-state index < -0.39 is 12.1 Å². The van der Waals surface area contributed by atoms with Crippen LogP contribution in [-0.4, -0.2) is 47.4 Å². The van der Waals surface area contributed by atoms with Crippen LogP contribution in [0.5, 0.6) is 0 Å². The van der Waals surface area contributed by atoms with Crippen LogP contribution in [0, 0.1) is 0 Å². The smallest absolute Gasteiger partial charge is 0.305 e. The summed E-state index contributed by atoms with van der Waals surface area (Å²) >= 11 is 0. The second kappa shape index (κ2) is 67.6. The number of carbonyl (C=O) groups is 2. The van der Waals surface area contributed by atoms with Crippen molar-refractivity contribution in [2.24, 2.45) is 0 Å². The highest BCUT2D eigenvalue weighted by Gasteiger charge is 2.18. The van der Waals surface area contributed by atoms with Gasteiger partial charge in [0.05, 0.1) is 25.4 Å². The van der Waals surface area contributed by atoms with E-state index in [9.17, 15) is 19.8 Å². The first kappa shape index (κ1) is 76.1. The lowest BCUT2D eigenvalue weighted by atomic mass is 10.0. The van der Waals surface area contributed by atoms with Gasteiger partial charge < -0.3 is 20.3 Å². The van der Waals surface area contributed by atoms with Crippen molar-refractivity contribution in [1.82, 2.24) is 5.32 Å². The molecular weight excluding hydrogens is 959 g/mol. The topological polar surface area (TPSA) is 95.9 Å². The molecular formula is C72H137NO5. The molecule has 0 aliphatic carbocycles. The molecule has 0 rings (SSSR count). The van der Waals surface area contributed by atoms with E-state index in [0.29, 0.717) is 19.4 Å². The lowest BCUT2D eigenvalue weighted by molar-refractivity contribution is -0.143. The van der Waals surface area contributed by atoms with Crippen LogP contribution in [0.25, 0.3) is 0 Å². The quantitative estimate of drug-likeness (QED) is 0.0320. The summed E-state index contributed by atoms with van der Waals surface area (Å²) in [6, 6.07) is -0.630. The van der Waals surface area contributed by atoms with Crippen molar-refractivity contribution in [2.45, 2.75) is 398 Å². The number of esters is 1. The van der Waals surface area contributed by atoms with Crippen LogP contribution < -0.4 is 5.32 Å². The average molecular weight is 1100 g/mol. The molecule has 0 aromatic heterocycles. The third-order valence-corrected chi connectivity index (χ3v) is 16.4. The fourth-order valence-corrected chi connectivity index (χ4v) is 11.0. The van der Waals surface area contributed by atoms with Crippen molar-refractivity contribution in [1.29, 1.82) is 0 Å². The van der Waals surface area contributed by atoms with E-state index in [1.807, 2.05) is 6.08 Å². The van der Waals surface area contributed by atoms with Gasteiger partial charge in [-0.05, 0) is 77.0 Å². The predicted molar refractivity (Wildman–Crippen MR) is 343 cm³/mol. The molecule has 2 unspecified atom stereocenters. The average Bonchev–Trinajstić information content (AvgIpc) is 3.44. The van der Waals surface area contributed by atoms with Gasteiger partial charge in [0.2, 0.25) is 5.91 Å². The summed E-state index contributed by atoms with van der Waals surface area (Å²) in [5.74, 6) is -0.0610. The summed E-state index contributed by atoms with van der Waals surface area (Å²) in [6.45, 7) is 4.90. The number of unbranched alkanes of at least 4 members (excludes halogenated alkanes) is 51. The molecule has 0 heterocycles. The molecule has 6 heteroatoms. The molecule has 0 bridgehead atoms. The monoisotopic (exact) mass is 1100 g/mol. The van der Waals surface area contributed by atoms with Crippen molar-refractivity contribution >= 4 is 11.9 Å². The van der Waals surface area contributed by atoms with Crippen molar-refractivity contribution in [3.63, 3.8) is 0 Å². The number of hydrogen-bond acceptors (Lipinski definition) is 5. The highest BCUT2D eigenvalue weighted by atomic mass is 16.5.